The largest absolute Gasteiger partial charge is 0.392 e. The van der Waals surface area contributed by atoms with Crippen LogP contribution in [-0.4, -0.2) is 60.3 Å². The van der Waals surface area contributed by atoms with Crippen LogP contribution in [0, 0.1) is 0 Å². The lowest BCUT2D eigenvalue weighted by Crippen LogP contribution is -2.36. The molecule has 0 amide bonds. The Hall–Kier alpha value is -0.380. The molecule has 0 aromatic heterocycles. The Balaban J connectivity index is 2.23. The van der Waals surface area contributed by atoms with Gasteiger partial charge >= 0.3 is 0 Å². The molecule has 1 atom stereocenters. The highest BCUT2D eigenvalue weighted by molar-refractivity contribution is 4.74. The van der Waals surface area contributed by atoms with Crippen LogP contribution in [0.15, 0.2) is 12.7 Å². The van der Waals surface area contributed by atoms with Crippen LogP contribution in [0.5, 0.6) is 0 Å². The summed E-state index contributed by atoms with van der Waals surface area (Å²) in [6, 6.07) is 0. The molecule has 0 bridgehead atoms. The zero-order valence-electron chi connectivity index (χ0n) is 11.3. The summed E-state index contributed by atoms with van der Waals surface area (Å²) in [4.78, 5) is 4.94. The molecule has 1 aliphatic rings. The Morgan fingerprint density at radius 3 is 2.65 bits per heavy atom. The number of aliphatic hydroxyl groups is 1. The van der Waals surface area contributed by atoms with E-state index in [4.69, 9.17) is 0 Å². The lowest BCUT2D eigenvalue weighted by Gasteiger charge is -2.23. The molecular formula is C14H28N2O. The second-order valence-electron chi connectivity index (χ2n) is 5.02. The maximum Gasteiger partial charge on any atom is 0.0670 e. The molecule has 0 aliphatic carbocycles. The van der Waals surface area contributed by atoms with E-state index < -0.39 is 0 Å². The van der Waals surface area contributed by atoms with E-state index in [-0.39, 0.29) is 6.10 Å². The van der Waals surface area contributed by atoms with Gasteiger partial charge in [-0.25, -0.2) is 0 Å². The normalized spacial score (nSPS) is 21.1. The van der Waals surface area contributed by atoms with Gasteiger partial charge in [-0.2, -0.15) is 0 Å². The van der Waals surface area contributed by atoms with Crippen LogP contribution in [0.1, 0.15) is 32.6 Å². The van der Waals surface area contributed by atoms with Gasteiger partial charge in [0.05, 0.1) is 6.10 Å². The fourth-order valence-electron chi connectivity index (χ4n) is 2.45. The molecule has 1 rings (SSSR count). The molecule has 1 fully saturated rings. The van der Waals surface area contributed by atoms with Crippen LogP contribution in [0.25, 0.3) is 0 Å². The Bertz CT molecular complexity index is 208. The molecule has 0 radical (unpaired) electrons. The van der Waals surface area contributed by atoms with E-state index in [1.807, 2.05) is 6.08 Å². The maximum atomic E-state index is 9.89. The van der Waals surface area contributed by atoms with E-state index in [0.717, 1.165) is 39.0 Å². The van der Waals surface area contributed by atoms with E-state index in [1.54, 1.807) is 0 Å². The predicted molar refractivity (Wildman–Crippen MR) is 73.2 cm³/mol. The van der Waals surface area contributed by atoms with Crippen molar-refractivity contribution >= 4 is 0 Å². The summed E-state index contributed by atoms with van der Waals surface area (Å²) in [5.74, 6) is 0. The highest BCUT2D eigenvalue weighted by Gasteiger charge is 2.16. The molecule has 0 aromatic carbocycles. The van der Waals surface area contributed by atoms with Crippen molar-refractivity contribution < 1.29 is 5.11 Å². The molecular weight excluding hydrogens is 212 g/mol. The average molecular weight is 240 g/mol. The van der Waals surface area contributed by atoms with Crippen molar-refractivity contribution in [2.75, 3.05) is 39.3 Å². The number of hydrogen-bond acceptors (Lipinski definition) is 3. The molecule has 0 spiro atoms. The van der Waals surface area contributed by atoms with Gasteiger partial charge in [-0.05, 0) is 45.3 Å². The van der Waals surface area contributed by atoms with Gasteiger partial charge < -0.3 is 10.0 Å². The molecule has 3 heteroatoms. The fraction of sp³-hybridized carbons (Fsp3) is 0.857. The SMILES string of the molecule is C=CCCC(O)CN1CCCN(CCC)CC1. The molecule has 0 saturated carbocycles. The quantitative estimate of drug-likeness (QED) is 0.687. The molecule has 17 heavy (non-hydrogen) atoms. The van der Waals surface area contributed by atoms with Gasteiger partial charge in [0.1, 0.15) is 0 Å². The third-order valence-corrected chi connectivity index (χ3v) is 3.39. The predicted octanol–water partition coefficient (Wildman–Crippen LogP) is 1.73. The first-order chi connectivity index (χ1) is 8.26. The van der Waals surface area contributed by atoms with Crippen LogP contribution in [0.4, 0.5) is 0 Å². The first kappa shape index (κ1) is 14.7. The number of aliphatic hydroxyl groups excluding tert-OH is 1. The highest BCUT2D eigenvalue weighted by atomic mass is 16.3. The van der Waals surface area contributed by atoms with E-state index >= 15 is 0 Å². The number of nitrogens with zero attached hydrogens (tertiary/aromatic N) is 2. The maximum absolute atomic E-state index is 9.89. The smallest absolute Gasteiger partial charge is 0.0670 e. The van der Waals surface area contributed by atoms with E-state index in [0.29, 0.717) is 0 Å². The number of β-amino-alcohol motifs (C(OH)–C–C–N with tert-alkyl or cyclic N) is 1. The van der Waals surface area contributed by atoms with Crippen LogP contribution >= 0.6 is 0 Å². The molecule has 1 saturated heterocycles. The van der Waals surface area contributed by atoms with Gasteiger partial charge in [0.2, 0.25) is 0 Å². The standard InChI is InChI=1S/C14H28N2O/c1-3-5-7-14(17)13-16-10-6-9-15(8-4-2)11-12-16/h3,14,17H,1,4-13H2,2H3. The summed E-state index contributed by atoms with van der Waals surface area (Å²) in [7, 11) is 0. The summed E-state index contributed by atoms with van der Waals surface area (Å²) >= 11 is 0. The molecule has 0 aromatic rings. The topological polar surface area (TPSA) is 26.7 Å². The number of allylic oxidation sites excluding steroid dienone is 1. The Kier molecular flexibility index (Phi) is 7.49. The lowest BCUT2D eigenvalue weighted by atomic mass is 10.2. The van der Waals surface area contributed by atoms with Gasteiger partial charge in [0.25, 0.3) is 0 Å². The van der Waals surface area contributed by atoms with Crippen molar-refractivity contribution in [3.63, 3.8) is 0 Å². The van der Waals surface area contributed by atoms with Gasteiger partial charge in [-0.15, -0.1) is 6.58 Å². The zero-order chi connectivity index (χ0) is 12.5. The summed E-state index contributed by atoms with van der Waals surface area (Å²) in [6.45, 7) is 12.6. The molecule has 1 heterocycles. The van der Waals surface area contributed by atoms with Gasteiger partial charge in [-0.1, -0.05) is 13.0 Å². The minimum Gasteiger partial charge on any atom is -0.392 e. The van der Waals surface area contributed by atoms with Crippen molar-refractivity contribution in [3.05, 3.63) is 12.7 Å². The van der Waals surface area contributed by atoms with E-state index in [9.17, 15) is 5.11 Å². The molecule has 1 aliphatic heterocycles. The molecule has 100 valence electrons. The van der Waals surface area contributed by atoms with Crippen molar-refractivity contribution in [2.45, 2.75) is 38.7 Å². The monoisotopic (exact) mass is 240 g/mol. The second kappa shape index (κ2) is 8.67. The lowest BCUT2D eigenvalue weighted by molar-refractivity contribution is 0.108. The third-order valence-electron chi connectivity index (χ3n) is 3.39. The Labute approximate surface area is 106 Å². The third kappa shape index (κ3) is 6.20. The number of hydrogen-bond donors (Lipinski definition) is 1. The highest BCUT2D eigenvalue weighted by Crippen LogP contribution is 2.06. The van der Waals surface area contributed by atoms with Crippen LogP contribution in [0.3, 0.4) is 0 Å². The summed E-state index contributed by atoms with van der Waals surface area (Å²) in [5, 5.41) is 9.89. The van der Waals surface area contributed by atoms with Gasteiger partial charge in [0.15, 0.2) is 0 Å². The molecule has 1 unspecified atom stereocenters. The molecule has 1 N–H and O–H groups in total. The fourth-order valence-corrected chi connectivity index (χ4v) is 2.45. The summed E-state index contributed by atoms with van der Waals surface area (Å²) in [5.41, 5.74) is 0. The van der Waals surface area contributed by atoms with E-state index in [2.05, 4.69) is 23.3 Å². The van der Waals surface area contributed by atoms with Crippen LogP contribution < -0.4 is 0 Å². The first-order valence-electron chi connectivity index (χ1n) is 7.00. The van der Waals surface area contributed by atoms with Crippen molar-refractivity contribution in [1.29, 1.82) is 0 Å². The molecule has 3 nitrogen and oxygen atoms in total. The average Bonchev–Trinajstić information content (AvgIpc) is 2.53. The van der Waals surface area contributed by atoms with Gasteiger partial charge in [0, 0.05) is 19.6 Å². The van der Waals surface area contributed by atoms with Crippen LogP contribution in [-0.2, 0) is 0 Å². The summed E-state index contributed by atoms with van der Waals surface area (Å²) in [6.07, 6.45) is 5.92. The van der Waals surface area contributed by atoms with Crippen molar-refractivity contribution in [1.82, 2.24) is 9.80 Å². The zero-order valence-corrected chi connectivity index (χ0v) is 11.3. The number of rotatable bonds is 7. The van der Waals surface area contributed by atoms with E-state index in [1.165, 1.54) is 25.9 Å². The van der Waals surface area contributed by atoms with Crippen LogP contribution in [0.2, 0.25) is 0 Å². The Morgan fingerprint density at radius 2 is 1.94 bits per heavy atom. The first-order valence-corrected chi connectivity index (χ1v) is 7.00. The van der Waals surface area contributed by atoms with Crippen molar-refractivity contribution in [3.8, 4) is 0 Å². The summed E-state index contributed by atoms with van der Waals surface area (Å²) < 4.78 is 0. The van der Waals surface area contributed by atoms with Gasteiger partial charge in [-0.3, -0.25) is 4.90 Å². The minimum atomic E-state index is -0.189. The van der Waals surface area contributed by atoms with Crippen molar-refractivity contribution in [2.24, 2.45) is 0 Å². The second-order valence-corrected chi connectivity index (χ2v) is 5.02. The minimum absolute atomic E-state index is 0.189. The Morgan fingerprint density at radius 1 is 1.24 bits per heavy atom.